The first-order valence-electron chi connectivity index (χ1n) is 5.77. The highest BCUT2D eigenvalue weighted by molar-refractivity contribution is 5.22. The zero-order valence-electron chi connectivity index (χ0n) is 9.73. The van der Waals surface area contributed by atoms with E-state index < -0.39 is 0 Å². The number of β-amino-alcohol motifs (C(OH)–C–C–N with tert-alkyl or cyclic N) is 1. The highest BCUT2D eigenvalue weighted by atomic mass is 19.1. The average Bonchev–Trinajstić information content (AvgIpc) is 2.60. The van der Waals surface area contributed by atoms with Gasteiger partial charge in [0.25, 0.3) is 0 Å². The van der Waals surface area contributed by atoms with Gasteiger partial charge in [0.05, 0.1) is 6.10 Å². The summed E-state index contributed by atoms with van der Waals surface area (Å²) >= 11 is 0. The fourth-order valence-corrected chi connectivity index (χ4v) is 2.45. The van der Waals surface area contributed by atoms with Crippen molar-refractivity contribution in [2.75, 3.05) is 6.54 Å². The zero-order chi connectivity index (χ0) is 11.7. The molecule has 88 valence electrons. The molecule has 1 heterocycles. The summed E-state index contributed by atoms with van der Waals surface area (Å²) < 4.78 is 13.2. The predicted octanol–water partition coefficient (Wildman–Crippen LogP) is 2.34. The summed E-state index contributed by atoms with van der Waals surface area (Å²) in [6.07, 6.45) is 0.400. The van der Waals surface area contributed by atoms with Gasteiger partial charge in [-0.15, -0.1) is 0 Å². The van der Waals surface area contributed by atoms with Gasteiger partial charge in [0, 0.05) is 18.6 Å². The van der Waals surface area contributed by atoms with Crippen LogP contribution in [0.5, 0.6) is 0 Å². The average molecular weight is 223 g/mol. The maximum absolute atomic E-state index is 13.2. The van der Waals surface area contributed by atoms with E-state index in [1.165, 1.54) is 6.07 Å². The Labute approximate surface area is 95.7 Å². The van der Waals surface area contributed by atoms with Gasteiger partial charge in [-0.05, 0) is 38.0 Å². The lowest BCUT2D eigenvalue weighted by Gasteiger charge is -2.28. The molecule has 1 fully saturated rings. The third kappa shape index (κ3) is 2.25. The molecule has 1 aliphatic heterocycles. The third-order valence-corrected chi connectivity index (χ3v) is 3.21. The van der Waals surface area contributed by atoms with Crippen LogP contribution in [0, 0.1) is 5.82 Å². The van der Waals surface area contributed by atoms with Crippen molar-refractivity contribution in [1.29, 1.82) is 0 Å². The number of benzene rings is 1. The van der Waals surface area contributed by atoms with Crippen molar-refractivity contribution in [3.05, 3.63) is 35.6 Å². The number of hydrogen-bond donors (Lipinski definition) is 1. The van der Waals surface area contributed by atoms with Crippen LogP contribution in [0.3, 0.4) is 0 Å². The number of likely N-dealkylation sites (tertiary alicyclic amines) is 1. The summed E-state index contributed by atoms with van der Waals surface area (Å²) in [5.74, 6) is -0.206. The number of rotatable bonds is 2. The minimum Gasteiger partial charge on any atom is -0.392 e. The van der Waals surface area contributed by atoms with Gasteiger partial charge in [0.2, 0.25) is 0 Å². The molecule has 1 aromatic carbocycles. The molecule has 0 saturated carbocycles. The van der Waals surface area contributed by atoms with Gasteiger partial charge in [-0.3, -0.25) is 4.90 Å². The molecule has 2 atom stereocenters. The van der Waals surface area contributed by atoms with Crippen LogP contribution >= 0.6 is 0 Å². The minimum atomic E-state index is -0.296. The van der Waals surface area contributed by atoms with Crippen LogP contribution in [-0.4, -0.2) is 28.7 Å². The molecular weight excluding hydrogens is 205 g/mol. The summed E-state index contributed by atoms with van der Waals surface area (Å²) in [6.45, 7) is 4.88. The fraction of sp³-hybridized carbons (Fsp3) is 0.538. The van der Waals surface area contributed by atoms with Crippen molar-refractivity contribution in [2.24, 2.45) is 0 Å². The van der Waals surface area contributed by atoms with E-state index in [0.717, 1.165) is 5.56 Å². The Morgan fingerprint density at radius 1 is 1.44 bits per heavy atom. The molecule has 1 aromatic rings. The number of hydrogen-bond acceptors (Lipinski definition) is 2. The summed E-state index contributed by atoms with van der Waals surface area (Å²) in [7, 11) is 0. The summed E-state index contributed by atoms with van der Waals surface area (Å²) in [6, 6.07) is 7.19. The summed E-state index contributed by atoms with van der Waals surface area (Å²) in [5.41, 5.74) is 0.963. The molecule has 0 radical (unpaired) electrons. The molecule has 0 aromatic heterocycles. The SMILES string of the molecule is CC(C)N1CC(O)CC1c1cccc(F)c1. The second-order valence-electron chi connectivity index (χ2n) is 4.75. The van der Waals surface area contributed by atoms with E-state index in [4.69, 9.17) is 0 Å². The summed E-state index contributed by atoms with van der Waals surface area (Å²) in [4.78, 5) is 2.22. The van der Waals surface area contributed by atoms with Crippen molar-refractivity contribution in [3.63, 3.8) is 0 Å². The van der Waals surface area contributed by atoms with Gasteiger partial charge in [0.1, 0.15) is 5.82 Å². The second kappa shape index (κ2) is 4.52. The molecule has 3 heteroatoms. The van der Waals surface area contributed by atoms with Crippen LogP contribution in [0.2, 0.25) is 0 Å². The van der Waals surface area contributed by atoms with Crippen LogP contribution in [-0.2, 0) is 0 Å². The molecule has 0 amide bonds. The first kappa shape index (κ1) is 11.6. The van der Waals surface area contributed by atoms with E-state index >= 15 is 0 Å². The van der Waals surface area contributed by atoms with Gasteiger partial charge < -0.3 is 5.11 Å². The quantitative estimate of drug-likeness (QED) is 0.832. The minimum absolute atomic E-state index is 0.144. The largest absolute Gasteiger partial charge is 0.392 e. The van der Waals surface area contributed by atoms with Crippen molar-refractivity contribution in [2.45, 2.75) is 38.5 Å². The second-order valence-corrected chi connectivity index (χ2v) is 4.75. The van der Waals surface area contributed by atoms with Crippen LogP contribution < -0.4 is 0 Å². The monoisotopic (exact) mass is 223 g/mol. The van der Waals surface area contributed by atoms with E-state index in [2.05, 4.69) is 18.7 Å². The van der Waals surface area contributed by atoms with Gasteiger partial charge in [0.15, 0.2) is 0 Å². The lowest BCUT2D eigenvalue weighted by Crippen LogP contribution is -2.31. The molecule has 0 bridgehead atoms. The zero-order valence-corrected chi connectivity index (χ0v) is 9.73. The van der Waals surface area contributed by atoms with Crippen LogP contribution in [0.25, 0.3) is 0 Å². The fourth-order valence-electron chi connectivity index (χ4n) is 2.45. The van der Waals surface area contributed by atoms with E-state index in [-0.39, 0.29) is 18.0 Å². The Kier molecular flexibility index (Phi) is 3.26. The molecule has 1 aliphatic rings. The van der Waals surface area contributed by atoms with E-state index in [1.54, 1.807) is 12.1 Å². The molecule has 0 aliphatic carbocycles. The van der Waals surface area contributed by atoms with Crippen molar-refractivity contribution in [3.8, 4) is 0 Å². The number of aliphatic hydroxyl groups is 1. The molecule has 2 unspecified atom stereocenters. The third-order valence-electron chi connectivity index (χ3n) is 3.21. The molecular formula is C13H18FNO. The van der Waals surface area contributed by atoms with Crippen molar-refractivity contribution in [1.82, 2.24) is 4.90 Å². The molecule has 2 nitrogen and oxygen atoms in total. The first-order chi connectivity index (χ1) is 7.58. The van der Waals surface area contributed by atoms with E-state index in [9.17, 15) is 9.50 Å². The van der Waals surface area contributed by atoms with E-state index in [1.807, 2.05) is 6.07 Å². The molecule has 1 N–H and O–H groups in total. The maximum atomic E-state index is 13.2. The van der Waals surface area contributed by atoms with Crippen LogP contribution in [0.15, 0.2) is 24.3 Å². The summed E-state index contributed by atoms with van der Waals surface area (Å²) in [5, 5.41) is 9.71. The highest BCUT2D eigenvalue weighted by Crippen LogP contribution is 2.33. The lowest BCUT2D eigenvalue weighted by atomic mass is 10.0. The Morgan fingerprint density at radius 2 is 2.19 bits per heavy atom. The molecule has 16 heavy (non-hydrogen) atoms. The molecule has 2 rings (SSSR count). The highest BCUT2D eigenvalue weighted by Gasteiger charge is 2.33. The molecule has 0 spiro atoms. The Bertz CT molecular complexity index is 367. The van der Waals surface area contributed by atoms with Crippen LogP contribution in [0.1, 0.15) is 31.9 Å². The number of halogens is 1. The Balaban J connectivity index is 2.25. The normalized spacial score (nSPS) is 26.6. The van der Waals surface area contributed by atoms with Crippen molar-refractivity contribution < 1.29 is 9.50 Å². The number of aliphatic hydroxyl groups excluding tert-OH is 1. The van der Waals surface area contributed by atoms with Crippen LogP contribution in [0.4, 0.5) is 4.39 Å². The predicted molar refractivity (Wildman–Crippen MR) is 61.6 cm³/mol. The van der Waals surface area contributed by atoms with Gasteiger partial charge >= 0.3 is 0 Å². The molecule has 1 saturated heterocycles. The first-order valence-corrected chi connectivity index (χ1v) is 5.77. The lowest BCUT2D eigenvalue weighted by molar-refractivity contribution is 0.159. The standard InChI is InChI=1S/C13H18FNO/c1-9(2)15-8-12(16)7-13(15)10-4-3-5-11(14)6-10/h3-6,9,12-13,16H,7-8H2,1-2H3. The van der Waals surface area contributed by atoms with E-state index in [0.29, 0.717) is 19.0 Å². The topological polar surface area (TPSA) is 23.5 Å². The Morgan fingerprint density at radius 3 is 2.81 bits per heavy atom. The van der Waals surface area contributed by atoms with Gasteiger partial charge in [-0.25, -0.2) is 4.39 Å². The smallest absolute Gasteiger partial charge is 0.123 e. The van der Waals surface area contributed by atoms with Crippen molar-refractivity contribution >= 4 is 0 Å². The maximum Gasteiger partial charge on any atom is 0.123 e. The number of nitrogens with zero attached hydrogens (tertiary/aromatic N) is 1. The van der Waals surface area contributed by atoms with Gasteiger partial charge in [-0.2, -0.15) is 0 Å². The van der Waals surface area contributed by atoms with Gasteiger partial charge in [-0.1, -0.05) is 12.1 Å². The Hall–Kier alpha value is -0.930.